The lowest BCUT2D eigenvalue weighted by Gasteiger charge is -2.14. The van der Waals surface area contributed by atoms with E-state index in [1.54, 1.807) is 18.2 Å². The van der Waals surface area contributed by atoms with Crippen molar-refractivity contribution in [3.8, 4) is 5.75 Å². The van der Waals surface area contributed by atoms with Crippen molar-refractivity contribution in [2.24, 2.45) is 5.92 Å². The molecule has 1 atom stereocenters. The molecule has 4 nitrogen and oxygen atoms in total. The van der Waals surface area contributed by atoms with E-state index in [0.717, 1.165) is 24.1 Å². The molecule has 2 rings (SSSR count). The van der Waals surface area contributed by atoms with Crippen LogP contribution in [0, 0.1) is 5.92 Å². The molecular weight excluding hydrogens is 371 g/mol. The smallest absolute Gasteiger partial charge is 0.406 e. The van der Waals surface area contributed by atoms with Gasteiger partial charge in [0.15, 0.2) is 5.78 Å². The molecule has 1 unspecified atom stereocenters. The SMILES string of the molecule is CCc1cc(NC(=O)c2cccc(OC(F)(F)F)c2)ccc1C(=O)C(C)CC. The van der Waals surface area contributed by atoms with Crippen LogP contribution in [0.3, 0.4) is 0 Å². The molecule has 0 aliphatic heterocycles. The van der Waals surface area contributed by atoms with Crippen molar-refractivity contribution >= 4 is 17.4 Å². The molecule has 2 aromatic carbocycles. The Balaban J connectivity index is 2.20. The van der Waals surface area contributed by atoms with E-state index in [4.69, 9.17) is 0 Å². The third kappa shape index (κ3) is 5.58. The molecular formula is C21H22F3NO3. The highest BCUT2D eigenvalue weighted by Crippen LogP contribution is 2.25. The minimum atomic E-state index is -4.83. The number of anilines is 1. The molecule has 0 radical (unpaired) electrons. The lowest BCUT2D eigenvalue weighted by atomic mass is 9.92. The van der Waals surface area contributed by atoms with Gasteiger partial charge in [0.2, 0.25) is 0 Å². The Morgan fingerprint density at radius 3 is 2.43 bits per heavy atom. The van der Waals surface area contributed by atoms with E-state index < -0.39 is 18.0 Å². The van der Waals surface area contributed by atoms with E-state index >= 15 is 0 Å². The average molecular weight is 393 g/mol. The summed E-state index contributed by atoms with van der Waals surface area (Å²) in [4.78, 5) is 24.9. The first-order valence-corrected chi connectivity index (χ1v) is 8.98. The van der Waals surface area contributed by atoms with Gasteiger partial charge in [0.25, 0.3) is 5.91 Å². The number of alkyl halides is 3. The standard InChI is InChI=1S/C21H22F3NO3/c1-4-13(3)19(26)18-10-9-16(11-14(18)5-2)25-20(27)15-7-6-8-17(12-15)28-21(22,23)24/h6-13H,4-5H2,1-3H3,(H,25,27). The van der Waals surface area contributed by atoms with Crippen molar-refractivity contribution in [3.63, 3.8) is 0 Å². The lowest BCUT2D eigenvalue weighted by molar-refractivity contribution is -0.274. The summed E-state index contributed by atoms with van der Waals surface area (Å²) in [7, 11) is 0. The molecule has 1 amide bonds. The summed E-state index contributed by atoms with van der Waals surface area (Å²) in [5.41, 5.74) is 1.91. The summed E-state index contributed by atoms with van der Waals surface area (Å²) in [5, 5.41) is 2.65. The third-order valence-corrected chi connectivity index (χ3v) is 4.40. The van der Waals surface area contributed by atoms with Crippen molar-refractivity contribution in [3.05, 3.63) is 59.2 Å². The maximum absolute atomic E-state index is 12.5. The summed E-state index contributed by atoms with van der Waals surface area (Å²) in [6.07, 6.45) is -3.49. The van der Waals surface area contributed by atoms with Gasteiger partial charge >= 0.3 is 6.36 Å². The fourth-order valence-electron chi connectivity index (χ4n) is 2.69. The second-order valence-corrected chi connectivity index (χ2v) is 6.43. The number of aryl methyl sites for hydroxylation is 1. The maximum Gasteiger partial charge on any atom is 0.573 e. The summed E-state index contributed by atoms with van der Waals surface area (Å²) in [6.45, 7) is 5.72. The first kappa shape index (κ1) is 21.5. The molecule has 0 fully saturated rings. The van der Waals surface area contributed by atoms with E-state index in [1.807, 2.05) is 20.8 Å². The summed E-state index contributed by atoms with van der Waals surface area (Å²) >= 11 is 0. The van der Waals surface area contributed by atoms with Crippen LogP contribution in [0.5, 0.6) is 5.75 Å². The van der Waals surface area contributed by atoms with Gasteiger partial charge in [-0.15, -0.1) is 13.2 Å². The molecule has 0 heterocycles. The van der Waals surface area contributed by atoms with Crippen LogP contribution in [0.1, 0.15) is 53.5 Å². The zero-order chi connectivity index (χ0) is 20.9. The monoisotopic (exact) mass is 393 g/mol. The lowest BCUT2D eigenvalue weighted by Crippen LogP contribution is -2.18. The van der Waals surface area contributed by atoms with Gasteiger partial charge in [-0.1, -0.05) is 26.8 Å². The molecule has 150 valence electrons. The summed E-state index contributed by atoms with van der Waals surface area (Å²) in [5.74, 6) is -1.09. The predicted octanol–water partition coefficient (Wildman–Crippen LogP) is 5.63. The molecule has 0 aliphatic rings. The van der Waals surface area contributed by atoms with Crippen molar-refractivity contribution in [1.82, 2.24) is 0 Å². The molecule has 28 heavy (non-hydrogen) atoms. The maximum atomic E-state index is 12.5. The van der Waals surface area contributed by atoms with Crippen LogP contribution in [-0.4, -0.2) is 18.1 Å². The number of halogens is 3. The Kier molecular flexibility index (Phi) is 6.83. The molecule has 1 N–H and O–H groups in total. The Labute approximate surface area is 161 Å². The highest BCUT2D eigenvalue weighted by atomic mass is 19.4. The zero-order valence-electron chi connectivity index (χ0n) is 15.9. The minimum absolute atomic E-state index is 0.0274. The number of Topliss-reactive ketones (excluding diaryl/α,β-unsaturated/α-hetero) is 1. The first-order valence-electron chi connectivity index (χ1n) is 8.98. The zero-order valence-corrected chi connectivity index (χ0v) is 15.9. The first-order chi connectivity index (χ1) is 13.1. The molecule has 0 saturated carbocycles. The largest absolute Gasteiger partial charge is 0.573 e. The number of amides is 1. The van der Waals surface area contributed by atoms with Gasteiger partial charge in [-0.3, -0.25) is 9.59 Å². The van der Waals surface area contributed by atoms with Crippen molar-refractivity contribution in [1.29, 1.82) is 0 Å². The topological polar surface area (TPSA) is 55.4 Å². The number of benzene rings is 2. The number of carbonyl (C=O) groups excluding carboxylic acids is 2. The minimum Gasteiger partial charge on any atom is -0.406 e. The number of nitrogens with one attached hydrogen (secondary N) is 1. The molecule has 2 aromatic rings. The van der Waals surface area contributed by atoms with Crippen LogP contribution in [0.25, 0.3) is 0 Å². The summed E-state index contributed by atoms with van der Waals surface area (Å²) in [6, 6.07) is 9.83. The van der Waals surface area contributed by atoms with Crippen molar-refractivity contribution < 1.29 is 27.5 Å². The fraction of sp³-hybridized carbons (Fsp3) is 0.333. The number of rotatable bonds is 7. The van der Waals surface area contributed by atoms with E-state index in [1.165, 1.54) is 12.1 Å². The van der Waals surface area contributed by atoms with Gasteiger partial charge in [-0.05, 0) is 54.8 Å². The highest BCUT2D eigenvalue weighted by Gasteiger charge is 2.31. The predicted molar refractivity (Wildman–Crippen MR) is 101 cm³/mol. The van der Waals surface area contributed by atoms with Gasteiger partial charge in [0, 0.05) is 22.7 Å². The summed E-state index contributed by atoms with van der Waals surface area (Å²) < 4.78 is 40.9. The van der Waals surface area contributed by atoms with Gasteiger partial charge in [0.1, 0.15) is 5.75 Å². The Morgan fingerprint density at radius 2 is 1.82 bits per heavy atom. The third-order valence-electron chi connectivity index (χ3n) is 4.40. The second-order valence-electron chi connectivity index (χ2n) is 6.43. The Hall–Kier alpha value is -2.83. The fourth-order valence-corrected chi connectivity index (χ4v) is 2.69. The second kappa shape index (κ2) is 8.91. The molecule has 0 spiro atoms. The van der Waals surface area contributed by atoms with Gasteiger partial charge in [-0.25, -0.2) is 0 Å². The average Bonchev–Trinajstić information content (AvgIpc) is 2.65. The van der Waals surface area contributed by atoms with Crippen LogP contribution in [0.4, 0.5) is 18.9 Å². The van der Waals surface area contributed by atoms with Gasteiger partial charge in [-0.2, -0.15) is 0 Å². The number of carbonyl (C=O) groups is 2. The molecule has 7 heteroatoms. The quantitative estimate of drug-likeness (QED) is 0.621. The molecule has 0 bridgehead atoms. The molecule has 0 saturated heterocycles. The number of ether oxygens (including phenoxy) is 1. The van der Waals surface area contributed by atoms with Crippen LogP contribution in [0.2, 0.25) is 0 Å². The molecule has 0 aliphatic carbocycles. The number of hydrogen-bond acceptors (Lipinski definition) is 3. The van der Waals surface area contributed by atoms with Crippen LogP contribution in [0.15, 0.2) is 42.5 Å². The number of ketones is 1. The molecule has 0 aromatic heterocycles. The van der Waals surface area contributed by atoms with E-state index in [-0.39, 0.29) is 17.3 Å². The van der Waals surface area contributed by atoms with E-state index in [9.17, 15) is 22.8 Å². The van der Waals surface area contributed by atoms with Gasteiger partial charge < -0.3 is 10.1 Å². The Morgan fingerprint density at radius 1 is 1.11 bits per heavy atom. The van der Waals surface area contributed by atoms with Crippen molar-refractivity contribution in [2.75, 3.05) is 5.32 Å². The van der Waals surface area contributed by atoms with E-state index in [2.05, 4.69) is 10.1 Å². The Bertz CT molecular complexity index is 862. The van der Waals surface area contributed by atoms with Crippen LogP contribution >= 0.6 is 0 Å². The normalized spacial score (nSPS) is 12.4. The van der Waals surface area contributed by atoms with Gasteiger partial charge in [0.05, 0.1) is 0 Å². The highest BCUT2D eigenvalue weighted by molar-refractivity contribution is 6.05. The number of hydrogen-bond donors (Lipinski definition) is 1. The van der Waals surface area contributed by atoms with Crippen LogP contribution < -0.4 is 10.1 Å². The van der Waals surface area contributed by atoms with Crippen LogP contribution in [-0.2, 0) is 6.42 Å². The van der Waals surface area contributed by atoms with E-state index in [0.29, 0.717) is 17.7 Å². The van der Waals surface area contributed by atoms with Crippen molar-refractivity contribution in [2.45, 2.75) is 40.0 Å².